The Morgan fingerprint density at radius 2 is 1.78 bits per heavy atom. The molecule has 0 aliphatic heterocycles. The molecule has 0 saturated carbocycles. The molecule has 1 N–H and O–H groups in total. The molecule has 0 bridgehead atoms. The van der Waals surface area contributed by atoms with Gasteiger partial charge in [0.15, 0.2) is 11.6 Å². The second-order valence-electron chi connectivity index (χ2n) is 3.74. The normalized spacial score (nSPS) is 12.2. The van der Waals surface area contributed by atoms with Gasteiger partial charge in [-0.25, -0.2) is 13.2 Å². The van der Waals surface area contributed by atoms with Crippen molar-refractivity contribution in [3.63, 3.8) is 0 Å². The number of nitrogens with zero attached hydrogens (tertiary/aromatic N) is 2. The van der Waals surface area contributed by atoms with Crippen molar-refractivity contribution < 1.29 is 13.2 Å². The van der Waals surface area contributed by atoms with Crippen molar-refractivity contribution in [2.24, 2.45) is 0 Å². The second-order valence-corrected chi connectivity index (χ2v) is 3.74. The van der Waals surface area contributed by atoms with E-state index in [0.29, 0.717) is 17.8 Å². The Morgan fingerprint density at radius 3 is 2.33 bits per heavy atom. The number of benzene rings is 1. The van der Waals surface area contributed by atoms with Gasteiger partial charge in [-0.15, -0.1) is 0 Å². The van der Waals surface area contributed by atoms with Crippen LogP contribution in [0.25, 0.3) is 0 Å². The van der Waals surface area contributed by atoms with E-state index >= 15 is 0 Å². The molecule has 0 aliphatic carbocycles. The molecule has 1 atom stereocenters. The fourth-order valence-electron chi connectivity index (χ4n) is 1.50. The Morgan fingerprint density at radius 1 is 1.11 bits per heavy atom. The fraction of sp³-hybridized carbons (Fsp3) is 0.167. The van der Waals surface area contributed by atoms with E-state index in [1.165, 1.54) is 18.6 Å². The van der Waals surface area contributed by atoms with E-state index in [1.54, 1.807) is 6.92 Å². The molecule has 18 heavy (non-hydrogen) atoms. The number of anilines is 1. The molecule has 0 fully saturated rings. The van der Waals surface area contributed by atoms with Gasteiger partial charge in [0.2, 0.25) is 0 Å². The number of rotatable bonds is 3. The first-order chi connectivity index (χ1) is 8.58. The molecule has 94 valence electrons. The summed E-state index contributed by atoms with van der Waals surface area (Å²) < 4.78 is 39.6. The average molecular weight is 253 g/mol. The summed E-state index contributed by atoms with van der Waals surface area (Å²) in [4.78, 5) is 7.86. The third-order valence-electron chi connectivity index (χ3n) is 2.39. The van der Waals surface area contributed by atoms with Crippen LogP contribution in [0.5, 0.6) is 0 Å². The highest BCUT2D eigenvalue weighted by atomic mass is 19.1. The lowest BCUT2D eigenvalue weighted by Crippen LogP contribution is -2.11. The molecule has 1 aromatic carbocycles. The molecule has 3 nitrogen and oxygen atoms in total. The lowest BCUT2D eigenvalue weighted by molar-refractivity contribution is 0.545. The molecule has 0 saturated heterocycles. The van der Waals surface area contributed by atoms with Gasteiger partial charge in [-0.05, 0) is 6.92 Å². The van der Waals surface area contributed by atoms with Crippen LogP contribution < -0.4 is 5.32 Å². The Bertz CT molecular complexity index is 523. The van der Waals surface area contributed by atoms with Crippen LogP contribution in [0.4, 0.5) is 18.9 Å². The van der Waals surface area contributed by atoms with Gasteiger partial charge in [0.05, 0.1) is 17.9 Å². The molecule has 0 spiro atoms. The number of halogens is 3. The van der Waals surface area contributed by atoms with Crippen molar-refractivity contribution in [2.45, 2.75) is 13.0 Å². The van der Waals surface area contributed by atoms with E-state index in [0.717, 1.165) is 0 Å². The summed E-state index contributed by atoms with van der Waals surface area (Å²) in [6, 6.07) is 0.789. The van der Waals surface area contributed by atoms with Crippen molar-refractivity contribution in [1.29, 1.82) is 0 Å². The molecule has 2 rings (SSSR count). The highest BCUT2D eigenvalue weighted by Crippen LogP contribution is 2.24. The first-order valence-corrected chi connectivity index (χ1v) is 5.25. The van der Waals surface area contributed by atoms with Crippen LogP contribution in [0.1, 0.15) is 18.7 Å². The van der Waals surface area contributed by atoms with Crippen LogP contribution in [0, 0.1) is 17.5 Å². The van der Waals surface area contributed by atoms with Crippen molar-refractivity contribution >= 4 is 5.69 Å². The lowest BCUT2D eigenvalue weighted by Gasteiger charge is -2.15. The van der Waals surface area contributed by atoms with Crippen LogP contribution in [-0.2, 0) is 0 Å². The van der Waals surface area contributed by atoms with Gasteiger partial charge in [-0.2, -0.15) is 0 Å². The van der Waals surface area contributed by atoms with Crippen LogP contribution in [0.15, 0.2) is 30.7 Å². The Kier molecular flexibility index (Phi) is 3.45. The molecule has 6 heteroatoms. The summed E-state index contributed by atoms with van der Waals surface area (Å²) in [5, 5.41) is 2.60. The molecular weight excluding hydrogens is 243 g/mol. The topological polar surface area (TPSA) is 37.8 Å². The predicted octanol–water partition coefficient (Wildman–Crippen LogP) is 3.07. The monoisotopic (exact) mass is 253 g/mol. The third-order valence-corrected chi connectivity index (χ3v) is 2.39. The molecule has 1 aromatic heterocycles. The van der Waals surface area contributed by atoms with Gasteiger partial charge >= 0.3 is 0 Å². The summed E-state index contributed by atoms with van der Waals surface area (Å²) >= 11 is 0. The average Bonchev–Trinajstić information content (AvgIpc) is 2.34. The van der Waals surface area contributed by atoms with Crippen LogP contribution in [0.2, 0.25) is 0 Å². The number of hydrogen-bond acceptors (Lipinski definition) is 3. The Hall–Kier alpha value is -2.11. The van der Waals surface area contributed by atoms with Crippen molar-refractivity contribution in [3.05, 3.63) is 53.9 Å². The standard InChI is InChI=1S/C12H10F3N3/c1-7(11-6-16-2-3-17-11)18-12-9(14)4-8(13)5-10(12)15/h2-7,18H,1H3. The van der Waals surface area contributed by atoms with E-state index in [1.807, 2.05) is 0 Å². The second kappa shape index (κ2) is 5.03. The lowest BCUT2D eigenvalue weighted by atomic mass is 10.2. The van der Waals surface area contributed by atoms with Gasteiger partial charge in [-0.3, -0.25) is 9.97 Å². The smallest absolute Gasteiger partial charge is 0.152 e. The fourth-order valence-corrected chi connectivity index (χ4v) is 1.50. The maximum atomic E-state index is 13.4. The third kappa shape index (κ3) is 2.58. The summed E-state index contributed by atoms with van der Waals surface area (Å²) in [5.74, 6) is -2.92. The van der Waals surface area contributed by atoms with Gasteiger partial charge < -0.3 is 5.32 Å². The quantitative estimate of drug-likeness (QED) is 0.913. The number of nitrogens with one attached hydrogen (secondary N) is 1. The predicted molar refractivity (Wildman–Crippen MR) is 60.4 cm³/mol. The molecule has 1 unspecified atom stereocenters. The first-order valence-electron chi connectivity index (χ1n) is 5.25. The summed E-state index contributed by atoms with van der Waals surface area (Å²) in [6.45, 7) is 1.67. The summed E-state index contributed by atoms with van der Waals surface area (Å²) in [6.07, 6.45) is 4.46. The zero-order valence-electron chi connectivity index (χ0n) is 9.49. The Balaban J connectivity index is 2.25. The summed E-state index contributed by atoms with van der Waals surface area (Å²) in [7, 11) is 0. The van der Waals surface area contributed by atoms with Gasteiger partial charge in [0.25, 0.3) is 0 Å². The minimum Gasteiger partial charge on any atom is -0.372 e. The molecule has 1 heterocycles. The van der Waals surface area contributed by atoms with E-state index in [-0.39, 0.29) is 5.69 Å². The maximum Gasteiger partial charge on any atom is 0.152 e. The van der Waals surface area contributed by atoms with Crippen molar-refractivity contribution in [1.82, 2.24) is 9.97 Å². The van der Waals surface area contributed by atoms with Crippen LogP contribution in [0.3, 0.4) is 0 Å². The van der Waals surface area contributed by atoms with E-state index in [9.17, 15) is 13.2 Å². The number of hydrogen-bond donors (Lipinski definition) is 1. The van der Waals surface area contributed by atoms with Crippen molar-refractivity contribution in [3.8, 4) is 0 Å². The van der Waals surface area contributed by atoms with Gasteiger partial charge in [0, 0.05) is 24.5 Å². The molecule has 0 radical (unpaired) electrons. The molecular formula is C12H10F3N3. The van der Waals surface area contributed by atoms with Gasteiger partial charge in [-0.1, -0.05) is 0 Å². The minimum absolute atomic E-state index is 0.380. The highest BCUT2D eigenvalue weighted by Gasteiger charge is 2.15. The summed E-state index contributed by atoms with van der Waals surface area (Å²) in [5.41, 5.74) is 0.148. The van der Waals surface area contributed by atoms with E-state index in [2.05, 4.69) is 15.3 Å². The van der Waals surface area contributed by atoms with Crippen LogP contribution in [-0.4, -0.2) is 9.97 Å². The minimum atomic E-state index is -0.983. The zero-order chi connectivity index (χ0) is 13.1. The molecule has 0 amide bonds. The Labute approximate surface area is 102 Å². The molecule has 2 aromatic rings. The first kappa shape index (κ1) is 12.3. The number of aromatic nitrogens is 2. The maximum absolute atomic E-state index is 13.4. The van der Waals surface area contributed by atoms with Crippen molar-refractivity contribution in [2.75, 3.05) is 5.32 Å². The SMILES string of the molecule is CC(Nc1c(F)cc(F)cc1F)c1cnccn1. The van der Waals surface area contributed by atoms with E-state index in [4.69, 9.17) is 0 Å². The zero-order valence-corrected chi connectivity index (χ0v) is 9.49. The van der Waals surface area contributed by atoms with E-state index < -0.39 is 23.5 Å². The highest BCUT2D eigenvalue weighted by molar-refractivity contribution is 5.47. The molecule has 0 aliphatic rings. The van der Waals surface area contributed by atoms with Gasteiger partial charge in [0.1, 0.15) is 11.5 Å². The van der Waals surface area contributed by atoms with Crippen LogP contribution >= 0.6 is 0 Å². The largest absolute Gasteiger partial charge is 0.372 e.